The molecular weight excluding hydrogens is 250 g/mol. The van der Waals surface area contributed by atoms with E-state index < -0.39 is 0 Å². The van der Waals surface area contributed by atoms with E-state index in [0.717, 1.165) is 30.3 Å². The van der Waals surface area contributed by atoms with Crippen LogP contribution in [0.1, 0.15) is 24.9 Å². The highest BCUT2D eigenvalue weighted by Gasteiger charge is 2.07. The Labute approximate surface area is 111 Å². The van der Waals surface area contributed by atoms with Crippen molar-refractivity contribution in [3.8, 4) is 5.82 Å². The smallest absolute Gasteiger partial charge is 0.159 e. The quantitative estimate of drug-likeness (QED) is 0.924. The molecule has 6 heteroatoms. The van der Waals surface area contributed by atoms with Crippen molar-refractivity contribution >= 4 is 17.4 Å². The zero-order valence-electron chi connectivity index (χ0n) is 10.7. The average molecular weight is 266 g/mol. The van der Waals surface area contributed by atoms with Crippen LogP contribution in [0.25, 0.3) is 5.82 Å². The Morgan fingerprint density at radius 2 is 2.11 bits per heavy atom. The SMILES string of the molecule is CCCNc1cc(-n2cc(Cl)c(C)n2)nc(C)n1. The minimum Gasteiger partial charge on any atom is -0.370 e. The Kier molecular flexibility index (Phi) is 3.81. The molecule has 0 bridgehead atoms. The molecule has 0 spiro atoms. The normalized spacial score (nSPS) is 10.7. The number of halogens is 1. The van der Waals surface area contributed by atoms with Crippen molar-refractivity contribution in [1.29, 1.82) is 0 Å². The largest absolute Gasteiger partial charge is 0.370 e. The highest BCUT2D eigenvalue weighted by molar-refractivity contribution is 6.31. The lowest BCUT2D eigenvalue weighted by Crippen LogP contribution is -2.07. The van der Waals surface area contributed by atoms with Gasteiger partial charge in [0.15, 0.2) is 5.82 Å². The van der Waals surface area contributed by atoms with Crippen molar-refractivity contribution in [3.63, 3.8) is 0 Å². The Morgan fingerprint density at radius 3 is 2.72 bits per heavy atom. The number of nitrogens with zero attached hydrogens (tertiary/aromatic N) is 4. The van der Waals surface area contributed by atoms with Gasteiger partial charge in [0.1, 0.15) is 11.6 Å². The third kappa shape index (κ3) is 2.79. The van der Waals surface area contributed by atoms with Crippen LogP contribution in [0.2, 0.25) is 5.02 Å². The topological polar surface area (TPSA) is 55.6 Å². The van der Waals surface area contributed by atoms with Crippen LogP contribution in [0, 0.1) is 13.8 Å². The molecule has 0 unspecified atom stereocenters. The number of nitrogens with one attached hydrogen (secondary N) is 1. The maximum Gasteiger partial charge on any atom is 0.159 e. The molecule has 0 fully saturated rings. The Balaban J connectivity index is 2.35. The van der Waals surface area contributed by atoms with Crippen LogP contribution in [-0.2, 0) is 0 Å². The van der Waals surface area contributed by atoms with Gasteiger partial charge in [0.25, 0.3) is 0 Å². The first kappa shape index (κ1) is 12.8. The summed E-state index contributed by atoms with van der Waals surface area (Å²) in [5.41, 5.74) is 0.788. The average Bonchev–Trinajstić information content (AvgIpc) is 2.66. The first-order valence-electron chi connectivity index (χ1n) is 5.92. The molecule has 18 heavy (non-hydrogen) atoms. The summed E-state index contributed by atoms with van der Waals surface area (Å²) in [6.07, 6.45) is 2.80. The second kappa shape index (κ2) is 5.35. The number of hydrogen-bond acceptors (Lipinski definition) is 4. The van der Waals surface area contributed by atoms with Gasteiger partial charge in [-0.2, -0.15) is 5.10 Å². The van der Waals surface area contributed by atoms with Gasteiger partial charge < -0.3 is 5.32 Å². The zero-order chi connectivity index (χ0) is 13.1. The third-order valence-corrected chi connectivity index (χ3v) is 2.83. The summed E-state index contributed by atoms with van der Waals surface area (Å²) in [5, 5.41) is 8.18. The lowest BCUT2D eigenvalue weighted by atomic mass is 10.4. The van der Waals surface area contributed by atoms with Gasteiger partial charge in [-0.05, 0) is 20.3 Å². The summed E-state index contributed by atoms with van der Waals surface area (Å²) >= 11 is 6.00. The van der Waals surface area contributed by atoms with Crippen molar-refractivity contribution in [1.82, 2.24) is 19.7 Å². The summed E-state index contributed by atoms with van der Waals surface area (Å²) in [4.78, 5) is 8.69. The van der Waals surface area contributed by atoms with Gasteiger partial charge in [-0.1, -0.05) is 18.5 Å². The predicted molar refractivity (Wildman–Crippen MR) is 72.4 cm³/mol. The molecule has 0 amide bonds. The van der Waals surface area contributed by atoms with Gasteiger partial charge in [0, 0.05) is 12.6 Å². The molecule has 0 aliphatic carbocycles. The van der Waals surface area contributed by atoms with Crippen LogP contribution >= 0.6 is 11.6 Å². The van der Waals surface area contributed by atoms with Gasteiger partial charge in [0.2, 0.25) is 0 Å². The summed E-state index contributed by atoms with van der Waals surface area (Å²) < 4.78 is 1.67. The fraction of sp³-hybridized carbons (Fsp3) is 0.417. The van der Waals surface area contributed by atoms with E-state index in [4.69, 9.17) is 11.6 Å². The molecule has 2 heterocycles. The van der Waals surface area contributed by atoms with E-state index in [2.05, 4.69) is 27.3 Å². The van der Waals surface area contributed by atoms with Gasteiger partial charge in [-0.25, -0.2) is 14.6 Å². The van der Waals surface area contributed by atoms with E-state index in [1.165, 1.54) is 0 Å². The van der Waals surface area contributed by atoms with E-state index in [1.54, 1.807) is 10.9 Å². The lowest BCUT2D eigenvalue weighted by molar-refractivity contribution is 0.815. The molecule has 1 N–H and O–H groups in total. The number of anilines is 1. The number of aromatic nitrogens is 4. The van der Waals surface area contributed by atoms with Crippen LogP contribution < -0.4 is 5.32 Å². The maximum atomic E-state index is 6.00. The number of aryl methyl sites for hydroxylation is 2. The molecule has 0 saturated heterocycles. The zero-order valence-corrected chi connectivity index (χ0v) is 11.5. The molecule has 0 aliphatic rings. The summed E-state index contributed by atoms with van der Waals surface area (Å²) in [6.45, 7) is 6.72. The van der Waals surface area contributed by atoms with E-state index in [-0.39, 0.29) is 0 Å². The fourth-order valence-corrected chi connectivity index (χ4v) is 1.70. The minimum atomic E-state index is 0.634. The van der Waals surface area contributed by atoms with Crippen molar-refractivity contribution in [2.75, 3.05) is 11.9 Å². The molecule has 2 aromatic heterocycles. The van der Waals surface area contributed by atoms with Crippen LogP contribution in [-0.4, -0.2) is 26.3 Å². The van der Waals surface area contributed by atoms with Crippen LogP contribution in [0.3, 0.4) is 0 Å². The number of rotatable bonds is 4. The fourth-order valence-electron chi connectivity index (χ4n) is 1.57. The highest BCUT2D eigenvalue weighted by atomic mass is 35.5. The van der Waals surface area contributed by atoms with Crippen molar-refractivity contribution < 1.29 is 0 Å². The molecule has 0 saturated carbocycles. The Hall–Kier alpha value is -1.62. The Morgan fingerprint density at radius 1 is 1.33 bits per heavy atom. The third-order valence-electron chi connectivity index (χ3n) is 2.45. The van der Waals surface area contributed by atoms with E-state index in [9.17, 15) is 0 Å². The van der Waals surface area contributed by atoms with Crippen LogP contribution in [0.5, 0.6) is 0 Å². The molecule has 0 aromatic carbocycles. The predicted octanol–water partition coefficient (Wildman–Crippen LogP) is 2.75. The van der Waals surface area contributed by atoms with Gasteiger partial charge in [-0.3, -0.25) is 0 Å². The monoisotopic (exact) mass is 265 g/mol. The van der Waals surface area contributed by atoms with Gasteiger partial charge >= 0.3 is 0 Å². The van der Waals surface area contributed by atoms with Crippen molar-refractivity contribution in [2.45, 2.75) is 27.2 Å². The second-order valence-corrected chi connectivity index (χ2v) is 4.50. The van der Waals surface area contributed by atoms with Crippen molar-refractivity contribution in [3.05, 3.63) is 28.8 Å². The van der Waals surface area contributed by atoms with E-state index in [1.807, 2.05) is 19.9 Å². The summed E-state index contributed by atoms with van der Waals surface area (Å²) in [5.74, 6) is 2.23. The highest BCUT2D eigenvalue weighted by Crippen LogP contribution is 2.16. The minimum absolute atomic E-state index is 0.634. The molecule has 0 radical (unpaired) electrons. The second-order valence-electron chi connectivity index (χ2n) is 4.09. The van der Waals surface area contributed by atoms with Crippen LogP contribution in [0.4, 0.5) is 5.82 Å². The first-order valence-corrected chi connectivity index (χ1v) is 6.29. The standard InChI is InChI=1S/C12H16ClN5/c1-4-5-14-11-6-12(16-9(3)15-11)18-7-10(13)8(2)17-18/h6-7H,4-5H2,1-3H3,(H,14,15,16). The number of hydrogen-bond donors (Lipinski definition) is 1. The van der Waals surface area contributed by atoms with Gasteiger partial charge in [-0.15, -0.1) is 0 Å². The molecule has 5 nitrogen and oxygen atoms in total. The maximum absolute atomic E-state index is 6.00. The molecule has 2 aromatic rings. The molecule has 0 atom stereocenters. The molecule has 2 rings (SSSR count). The van der Waals surface area contributed by atoms with E-state index in [0.29, 0.717) is 10.8 Å². The van der Waals surface area contributed by atoms with Crippen molar-refractivity contribution in [2.24, 2.45) is 0 Å². The van der Waals surface area contributed by atoms with Crippen LogP contribution in [0.15, 0.2) is 12.3 Å². The van der Waals surface area contributed by atoms with E-state index >= 15 is 0 Å². The molecule has 0 aliphatic heterocycles. The molecule has 96 valence electrons. The molecular formula is C12H16ClN5. The van der Waals surface area contributed by atoms with Gasteiger partial charge in [0.05, 0.1) is 16.9 Å². The first-order chi connectivity index (χ1) is 8.60. The summed E-state index contributed by atoms with van der Waals surface area (Å²) in [6, 6.07) is 1.87. The Bertz CT molecular complexity index is 530. The summed E-state index contributed by atoms with van der Waals surface area (Å²) in [7, 11) is 0. The lowest BCUT2D eigenvalue weighted by Gasteiger charge is -2.07.